The summed E-state index contributed by atoms with van der Waals surface area (Å²) in [6, 6.07) is 6.65. The Bertz CT molecular complexity index is 838. The molecule has 1 aliphatic carbocycles. The van der Waals surface area contributed by atoms with E-state index in [0.717, 1.165) is 24.9 Å². The van der Waals surface area contributed by atoms with Crippen LogP contribution in [0.25, 0.3) is 0 Å². The van der Waals surface area contributed by atoms with Gasteiger partial charge in [0.25, 0.3) is 0 Å². The van der Waals surface area contributed by atoms with Crippen molar-refractivity contribution in [2.45, 2.75) is 50.5 Å². The van der Waals surface area contributed by atoms with Crippen LogP contribution in [0.5, 0.6) is 5.75 Å². The Morgan fingerprint density at radius 2 is 1.84 bits per heavy atom. The molecule has 0 radical (unpaired) electrons. The van der Waals surface area contributed by atoms with Crippen LogP contribution in [-0.4, -0.2) is 77.7 Å². The van der Waals surface area contributed by atoms with Gasteiger partial charge in [0.2, 0.25) is 5.91 Å². The second kappa shape index (κ2) is 7.93. The Morgan fingerprint density at radius 3 is 2.48 bits per heavy atom. The number of carbonyl (C=O) groups excluding carboxylic acids is 2. The summed E-state index contributed by atoms with van der Waals surface area (Å²) in [5, 5.41) is 0. The highest BCUT2D eigenvalue weighted by Crippen LogP contribution is 2.41. The minimum atomic E-state index is -2.83. The van der Waals surface area contributed by atoms with Gasteiger partial charge in [-0.15, -0.1) is 0 Å². The van der Waals surface area contributed by atoms with E-state index >= 15 is 0 Å². The molecule has 31 heavy (non-hydrogen) atoms. The lowest BCUT2D eigenvalue weighted by molar-refractivity contribution is -0.137. The average Bonchev–Trinajstić information content (AvgIpc) is 3.56. The monoisotopic (exact) mass is 435 g/mol. The van der Waals surface area contributed by atoms with E-state index in [4.69, 9.17) is 4.74 Å². The van der Waals surface area contributed by atoms with Gasteiger partial charge in [-0.25, -0.2) is 4.79 Å². The first kappa shape index (κ1) is 20.5. The van der Waals surface area contributed by atoms with Crippen LogP contribution in [0, 0.1) is 5.92 Å². The zero-order valence-electron chi connectivity index (χ0n) is 17.3. The number of alkyl halides is 2. The molecule has 0 bridgehead atoms. The predicted molar refractivity (Wildman–Crippen MR) is 107 cm³/mol. The van der Waals surface area contributed by atoms with Gasteiger partial charge in [0, 0.05) is 58.0 Å². The second-order valence-corrected chi connectivity index (χ2v) is 9.00. The molecule has 3 saturated heterocycles. The van der Waals surface area contributed by atoms with Gasteiger partial charge in [0.15, 0.2) is 0 Å². The standard InChI is InChI=1S/C22H27F2N3O4/c23-20(24)30-17-5-1-15(2-6-17)13-25-11-12-27-18(14-25)22(31-21(27)29)7-9-26(10-8-22)19(28)16-3-4-16/h1-2,5-6,16,18,20H,3-4,7-14H2. The maximum Gasteiger partial charge on any atom is 0.410 e. The molecule has 1 unspecified atom stereocenters. The van der Waals surface area contributed by atoms with Gasteiger partial charge in [-0.1, -0.05) is 12.1 Å². The van der Waals surface area contributed by atoms with Crippen LogP contribution in [0.2, 0.25) is 0 Å². The smallest absolute Gasteiger partial charge is 0.410 e. The molecule has 1 saturated carbocycles. The predicted octanol–water partition coefficient (Wildman–Crippen LogP) is 2.70. The summed E-state index contributed by atoms with van der Waals surface area (Å²) in [4.78, 5) is 31.0. The lowest BCUT2D eigenvalue weighted by Gasteiger charge is -2.45. The Morgan fingerprint density at radius 1 is 1.13 bits per heavy atom. The van der Waals surface area contributed by atoms with Crippen molar-refractivity contribution in [3.8, 4) is 5.75 Å². The van der Waals surface area contributed by atoms with Gasteiger partial charge in [-0.3, -0.25) is 14.6 Å². The summed E-state index contributed by atoms with van der Waals surface area (Å²) in [5.74, 6) is 0.602. The number of benzene rings is 1. The number of halogens is 2. The minimum absolute atomic E-state index is 0.0339. The van der Waals surface area contributed by atoms with Gasteiger partial charge in [-0.05, 0) is 30.5 Å². The molecule has 1 atom stereocenters. The first-order valence-electron chi connectivity index (χ1n) is 11.0. The van der Waals surface area contributed by atoms with Gasteiger partial charge in [0.1, 0.15) is 11.4 Å². The van der Waals surface area contributed by atoms with Gasteiger partial charge >= 0.3 is 12.7 Å². The summed E-state index contributed by atoms with van der Waals surface area (Å²) in [7, 11) is 0. The maximum absolute atomic E-state index is 12.5. The Kier molecular flexibility index (Phi) is 5.24. The fraction of sp³-hybridized carbons (Fsp3) is 0.636. The van der Waals surface area contributed by atoms with E-state index < -0.39 is 12.2 Å². The fourth-order valence-corrected chi connectivity index (χ4v) is 5.12. The topological polar surface area (TPSA) is 62.3 Å². The third-order valence-corrected chi connectivity index (χ3v) is 7.00. The molecule has 1 aromatic carbocycles. The van der Waals surface area contributed by atoms with Crippen molar-refractivity contribution in [2.75, 3.05) is 32.7 Å². The molecule has 1 aromatic rings. The van der Waals surface area contributed by atoms with Crippen molar-refractivity contribution in [3.05, 3.63) is 29.8 Å². The van der Waals surface area contributed by atoms with E-state index in [9.17, 15) is 18.4 Å². The van der Waals surface area contributed by atoms with E-state index in [1.807, 2.05) is 9.80 Å². The summed E-state index contributed by atoms with van der Waals surface area (Å²) in [6.07, 6.45) is 3.09. The SMILES string of the molecule is O=C(C1CC1)N1CCC2(CC1)OC(=O)N1CCN(Cc3ccc(OC(F)F)cc3)CC12. The zero-order chi connectivity index (χ0) is 21.6. The zero-order valence-corrected chi connectivity index (χ0v) is 17.3. The molecule has 0 N–H and O–H groups in total. The molecular formula is C22H27F2N3O4. The number of amides is 2. The number of rotatable bonds is 5. The molecular weight excluding hydrogens is 408 g/mol. The lowest BCUT2D eigenvalue weighted by atomic mass is 9.83. The molecule has 5 rings (SSSR count). The van der Waals surface area contributed by atoms with Crippen LogP contribution in [0.15, 0.2) is 24.3 Å². The minimum Gasteiger partial charge on any atom is -0.440 e. The number of nitrogens with zero attached hydrogens (tertiary/aromatic N) is 3. The van der Waals surface area contributed by atoms with Crippen molar-refractivity contribution in [2.24, 2.45) is 5.92 Å². The molecule has 1 spiro atoms. The maximum atomic E-state index is 12.5. The van der Waals surface area contributed by atoms with Crippen molar-refractivity contribution < 1.29 is 27.8 Å². The number of hydrogen-bond acceptors (Lipinski definition) is 5. The van der Waals surface area contributed by atoms with Crippen LogP contribution in [0.1, 0.15) is 31.2 Å². The van der Waals surface area contributed by atoms with Crippen LogP contribution < -0.4 is 4.74 Å². The highest BCUT2D eigenvalue weighted by molar-refractivity contribution is 5.81. The largest absolute Gasteiger partial charge is 0.440 e. The highest BCUT2D eigenvalue weighted by atomic mass is 19.3. The van der Waals surface area contributed by atoms with E-state index in [0.29, 0.717) is 45.6 Å². The molecule has 3 aliphatic heterocycles. The summed E-state index contributed by atoms with van der Waals surface area (Å²) >= 11 is 0. The quantitative estimate of drug-likeness (QED) is 0.712. The Labute approximate surface area is 179 Å². The third kappa shape index (κ3) is 4.07. The van der Waals surface area contributed by atoms with Crippen LogP contribution in [0.3, 0.4) is 0 Å². The molecule has 2 amide bonds. The van der Waals surface area contributed by atoms with Gasteiger partial charge in [-0.2, -0.15) is 8.78 Å². The van der Waals surface area contributed by atoms with Crippen LogP contribution >= 0.6 is 0 Å². The Hall–Kier alpha value is -2.42. The lowest BCUT2D eigenvalue weighted by Crippen LogP contribution is -2.60. The molecule has 0 aromatic heterocycles. The van der Waals surface area contributed by atoms with Crippen molar-refractivity contribution in [1.82, 2.24) is 14.7 Å². The number of piperazine rings is 1. The number of fused-ring (bicyclic) bond motifs is 2. The second-order valence-electron chi connectivity index (χ2n) is 9.00. The number of hydrogen-bond donors (Lipinski definition) is 0. The molecule has 168 valence electrons. The summed E-state index contributed by atoms with van der Waals surface area (Å²) in [5.41, 5.74) is 0.463. The van der Waals surface area contributed by atoms with E-state index in [1.165, 1.54) is 0 Å². The molecule has 9 heteroatoms. The van der Waals surface area contributed by atoms with Crippen LogP contribution in [-0.2, 0) is 16.1 Å². The number of carbonyl (C=O) groups is 2. The van der Waals surface area contributed by atoms with Crippen LogP contribution in [0.4, 0.5) is 13.6 Å². The first-order valence-corrected chi connectivity index (χ1v) is 11.0. The van der Waals surface area contributed by atoms with Crippen molar-refractivity contribution in [3.63, 3.8) is 0 Å². The van der Waals surface area contributed by atoms with Gasteiger partial charge < -0.3 is 14.4 Å². The molecule has 4 aliphatic rings. The average molecular weight is 435 g/mol. The molecule has 7 nitrogen and oxygen atoms in total. The van der Waals surface area contributed by atoms with E-state index in [2.05, 4.69) is 9.64 Å². The number of piperidine rings is 1. The Balaban J connectivity index is 1.23. The van der Waals surface area contributed by atoms with Crippen molar-refractivity contribution in [1.29, 1.82) is 0 Å². The third-order valence-electron chi connectivity index (χ3n) is 7.00. The first-order chi connectivity index (χ1) is 14.9. The number of ether oxygens (including phenoxy) is 2. The molecule has 4 fully saturated rings. The highest BCUT2D eigenvalue weighted by Gasteiger charge is 2.57. The normalized spacial score (nSPS) is 25.6. The summed E-state index contributed by atoms with van der Waals surface area (Å²) < 4.78 is 35.0. The van der Waals surface area contributed by atoms with Gasteiger partial charge in [0.05, 0.1) is 6.04 Å². The number of likely N-dealkylation sites (tertiary alicyclic amines) is 1. The fourth-order valence-electron chi connectivity index (χ4n) is 5.12. The van der Waals surface area contributed by atoms with E-state index in [1.54, 1.807) is 24.3 Å². The molecule has 3 heterocycles. The summed E-state index contributed by atoms with van der Waals surface area (Å²) in [6.45, 7) is 1.12. The van der Waals surface area contributed by atoms with E-state index in [-0.39, 0.29) is 29.7 Å². The van der Waals surface area contributed by atoms with Crippen molar-refractivity contribution >= 4 is 12.0 Å².